The molecule has 2 aliphatic carbocycles. The number of methoxy groups -OCH3 is 1. The van der Waals surface area contributed by atoms with Crippen molar-refractivity contribution in [3.63, 3.8) is 0 Å². The van der Waals surface area contributed by atoms with Gasteiger partial charge in [-0.05, 0) is 63.9 Å². The lowest BCUT2D eigenvalue weighted by atomic mass is 10.0. The molecule has 1 saturated heterocycles. The van der Waals surface area contributed by atoms with Gasteiger partial charge < -0.3 is 25.2 Å². The van der Waals surface area contributed by atoms with Gasteiger partial charge in [0.1, 0.15) is 11.4 Å². The lowest BCUT2D eigenvalue weighted by Crippen LogP contribution is -2.44. The molecule has 2 amide bonds. The quantitative estimate of drug-likeness (QED) is 0.514. The largest absolute Gasteiger partial charge is 0.495 e. The highest BCUT2D eigenvalue weighted by atomic mass is 16.5. The third-order valence-corrected chi connectivity index (χ3v) is 8.55. The number of rotatable bonds is 6. The van der Waals surface area contributed by atoms with Gasteiger partial charge in [-0.2, -0.15) is 4.98 Å². The van der Waals surface area contributed by atoms with Gasteiger partial charge in [-0.1, -0.05) is 12.8 Å². The van der Waals surface area contributed by atoms with Crippen LogP contribution in [0.15, 0.2) is 24.4 Å². The smallest absolute Gasteiger partial charge is 0.265 e. The van der Waals surface area contributed by atoms with Crippen LogP contribution >= 0.6 is 0 Å². The summed E-state index contributed by atoms with van der Waals surface area (Å²) in [6, 6.07) is 5.70. The third-order valence-electron chi connectivity index (χ3n) is 8.55. The molecule has 1 aromatic carbocycles. The number of likely N-dealkylation sites (N-methyl/N-ethyl adjacent to an activating group) is 1. The summed E-state index contributed by atoms with van der Waals surface area (Å²) in [6.07, 6.45) is 9.16. The van der Waals surface area contributed by atoms with E-state index in [1.54, 1.807) is 25.4 Å². The van der Waals surface area contributed by atoms with Crippen LogP contribution in [0, 0.1) is 5.41 Å². The van der Waals surface area contributed by atoms with Crippen LogP contribution in [-0.2, 0) is 4.79 Å². The zero-order valence-corrected chi connectivity index (χ0v) is 22.8. The fourth-order valence-corrected chi connectivity index (χ4v) is 5.94. The van der Waals surface area contributed by atoms with E-state index in [1.807, 2.05) is 11.1 Å². The molecule has 0 radical (unpaired) electrons. The van der Waals surface area contributed by atoms with E-state index in [9.17, 15) is 9.59 Å². The van der Waals surface area contributed by atoms with Crippen LogP contribution in [0.5, 0.6) is 5.75 Å². The topological polar surface area (TPSA) is 115 Å². The van der Waals surface area contributed by atoms with Crippen molar-refractivity contribution in [3.8, 4) is 5.75 Å². The van der Waals surface area contributed by atoms with Gasteiger partial charge in [0.05, 0.1) is 24.4 Å². The first-order valence-corrected chi connectivity index (χ1v) is 14.1. The zero-order valence-electron chi connectivity index (χ0n) is 22.8. The molecule has 3 heterocycles. The van der Waals surface area contributed by atoms with Gasteiger partial charge >= 0.3 is 0 Å². The Morgan fingerprint density at radius 1 is 1.13 bits per heavy atom. The molecular formula is C28H38N8O3. The number of amides is 2. The maximum absolute atomic E-state index is 13.0. The Bertz CT molecular complexity index is 1240. The summed E-state index contributed by atoms with van der Waals surface area (Å²) in [5, 5.41) is 8.35. The van der Waals surface area contributed by atoms with Crippen LogP contribution in [0.2, 0.25) is 0 Å². The number of carbonyl (C=O) groups excluding carboxylic acids is 2. The van der Waals surface area contributed by atoms with Crippen molar-refractivity contribution in [1.82, 2.24) is 25.3 Å². The maximum Gasteiger partial charge on any atom is 0.265 e. The Balaban J connectivity index is 1.21. The average molecular weight is 535 g/mol. The summed E-state index contributed by atoms with van der Waals surface area (Å²) >= 11 is 0. The van der Waals surface area contributed by atoms with Crippen molar-refractivity contribution >= 4 is 35.0 Å². The van der Waals surface area contributed by atoms with Crippen LogP contribution in [0.25, 0.3) is 0 Å². The predicted molar refractivity (Wildman–Crippen MR) is 149 cm³/mol. The first kappa shape index (κ1) is 25.8. The van der Waals surface area contributed by atoms with Gasteiger partial charge in [0, 0.05) is 37.8 Å². The fourth-order valence-electron chi connectivity index (χ4n) is 5.94. The number of nitrogens with one attached hydrogen (secondary N) is 3. The molecule has 1 spiro atoms. The van der Waals surface area contributed by atoms with E-state index in [4.69, 9.17) is 9.72 Å². The van der Waals surface area contributed by atoms with E-state index < -0.39 is 0 Å². The summed E-state index contributed by atoms with van der Waals surface area (Å²) in [7, 11) is 3.68. The summed E-state index contributed by atoms with van der Waals surface area (Å²) in [6.45, 7) is 4.25. The van der Waals surface area contributed by atoms with Crippen molar-refractivity contribution < 1.29 is 14.3 Å². The number of anilines is 4. The molecule has 3 N–H and O–H groups in total. The summed E-state index contributed by atoms with van der Waals surface area (Å²) in [5.41, 5.74) is 4.57. The molecule has 11 heteroatoms. The van der Waals surface area contributed by atoms with E-state index in [0.717, 1.165) is 64.1 Å². The van der Waals surface area contributed by atoms with Crippen LogP contribution in [0.3, 0.4) is 0 Å². The second-order valence-corrected chi connectivity index (χ2v) is 11.4. The molecule has 0 unspecified atom stereocenters. The molecule has 0 atom stereocenters. The Labute approximate surface area is 229 Å². The van der Waals surface area contributed by atoms with Crippen molar-refractivity contribution in [2.24, 2.45) is 5.41 Å². The number of fused-ring (bicyclic) bond motifs is 1. The van der Waals surface area contributed by atoms with Gasteiger partial charge in [-0.15, -0.1) is 0 Å². The summed E-state index contributed by atoms with van der Waals surface area (Å²) in [5.74, 6) is 1.63. The number of hydrogen-bond acceptors (Lipinski definition) is 9. The monoisotopic (exact) mass is 534 g/mol. The molecule has 3 fully saturated rings. The van der Waals surface area contributed by atoms with Crippen molar-refractivity contribution in [1.29, 1.82) is 0 Å². The second kappa shape index (κ2) is 10.6. The number of hydrazine groups is 1. The Morgan fingerprint density at radius 3 is 2.72 bits per heavy atom. The normalized spacial score (nSPS) is 21.6. The van der Waals surface area contributed by atoms with E-state index in [1.165, 1.54) is 12.8 Å². The first-order chi connectivity index (χ1) is 18.9. The molecule has 2 aromatic rings. The number of aromatic nitrogens is 2. The van der Waals surface area contributed by atoms with E-state index in [2.05, 4.69) is 37.9 Å². The molecule has 11 nitrogen and oxygen atoms in total. The molecule has 2 aliphatic heterocycles. The van der Waals surface area contributed by atoms with Gasteiger partial charge in [0.2, 0.25) is 11.9 Å². The van der Waals surface area contributed by atoms with Gasteiger partial charge in [-0.3, -0.25) is 15.0 Å². The van der Waals surface area contributed by atoms with Crippen LogP contribution < -0.4 is 25.7 Å². The minimum Gasteiger partial charge on any atom is -0.495 e. The van der Waals surface area contributed by atoms with E-state index in [-0.39, 0.29) is 17.2 Å². The molecule has 4 aliphatic rings. The lowest BCUT2D eigenvalue weighted by Gasteiger charge is -2.31. The lowest BCUT2D eigenvalue weighted by molar-refractivity contribution is -0.120. The minimum atomic E-state index is -0.306. The van der Waals surface area contributed by atoms with Gasteiger partial charge in [0.25, 0.3) is 5.91 Å². The second-order valence-electron chi connectivity index (χ2n) is 11.4. The highest BCUT2D eigenvalue weighted by Crippen LogP contribution is 2.51. The molecule has 0 bridgehead atoms. The molecule has 39 heavy (non-hydrogen) atoms. The number of ether oxygens (including phenoxy) is 1. The number of nitrogens with zero attached hydrogens (tertiary/aromatic N) is 5. The average Bonchev–Trinajstić information content (AvgIpc) is 3.62. The molecule has 2 saturated carbocycles. The Morgan fingerprint density at radius 2 is 1.95 bits per heavy atom. The van der Waals surface area contributed by atoms with E-state index in [0.29, 0.717) is 41.2 Å². The SMILES string of the molecule is COc1cc(C(=O)NN2CCCN(C)CC2)ccc1Nc1ncc2c(n1)N(C1CCCC1)CC1(CC1)C(=O)N2. The molecule has 6 rings (SSSR count). The van der Waals surface area contributed by atoms with Crippen molar-refractivity contribution in [2.75, 3.05) is 62.4 Å². The summed E-state index contributed by atoms with van der Waals surface area (Å²) in [4.78, 5) is 39.9. The zero-order chi connectivity index (χ0) is 27.0. The van der Waals surface area contributed by atoms with Gasteiger partial charge in [-0.25, -0.2) is 9.99 Å². The Kier molecular flexibility index (Phi) is 7.03. The standard InChI is InChI=1S/C28H38N8O3/c1-34-12-5-13-35(15-14-34)33-25(37)19-8-9-21(23(16-19)39-2)31-27-29-17-22-24(32-27)36(20-6-3-4-7-20)18-28(10-11-28)26(38)30-22/h8-9,16-17,20H,3-7,10-15,18H2,1-2H3,(H,30,38)(H,33,37)(H,29,31,32). The molecule has 1 aromatic heterocycles. The first-order valence-electron chi connectivity index (χ1n) is 14.1. The van der Waals surface area contributed by atoms with Crippen LogP contribution in [-0.4, -0.2) is 84.6 Å². The van der Waals surface area contributed by atoms with Crippen LogP contribution in [0.4, 0.5) is 23.1 Å². The molecular weight excluding hydrogens is 496 g/mol. The van der Waals surface area contributed by atoms with Crippen molar-refractivity contribution in [3.05, 3.63) is 30.0 Å². The fraction of sp³-hybridized carbons (Fsp3) is 0.571. The number of carbonyl (C=O) groups is 2. The maximum atomic E-state index is 13.0. The van der Waals surface area contributed by atoms with E-state index >= 15 is 0 Å². The molecule has 208 valence electrons. The highest BCUT2D eigenvalue weighted by molar-refractivity contribution is 6.01. The Hall–Kier alpha value is -3.44. The highest BCUT2D eigenvalue weighted by Gasteiger charge is 2.53. The van der Waals surface area contributed by atoms with Gasteiger partial charge in [0.15, 0.2) is 5.82 Å². The third kappa shape index (κ3) is 5.38. The number of hydrogen-bond donors (Lipinski definition) is 3. The predicted octanol–water partition coefficient (Wildman–Crippen LogP) is 2.99. The minimum absolute atomic E-state index is 0.0799. The van der Waals surface area contributed by atoms with Crippen LogP contribution in [0.1, 0.15) is 55.3 Å². The van der Waals surface area contributed by atoms with Crippen molar-refractivity contribution in [2.45, 2.75) is 51.0 Å². The summed E-state index contributed by atoms with van der Waals surface area (Å²) < 4.78 is 5.63. The number of benzene rings is 1.